The molecule has 0 spiro atoms. The normalized spacial score (nSPS) is 11.6. The van der Waals surface area contributed by atoms with E-state index in [1.165, 1.54) is 11.4 Å². The van der Waals surface area contributed by atoms with Gasteiger partial charge < -0.3 is 5.11 Å². The number of rotatable bonds is 6. The Bertz CT molecular complexity index is 925. The smallest absolute Gasteiger partial charge is 0.411 e. The van der Waals surface area contributed by atoms with Crippen LogP contribution in [0.1, 0.15) is 17.0 Å². The van der Waals surface area contributed by atoms with Gasteiger partial charge in [-0.3, -0.25) is 15.5 Å². The van der Waals surface area contributed by atoms with Crippen molar-refractivity contribution in [3.8, 4) is 12.1 Å². The van der Waals surface area contributed by atoms with Crippen LogP contribution < -0.4 is 10.7 Å². The molecule has 8 nitrogen and oxygen atoms in total. The van der Waals surface area contributed by atoms with Gasteiger partial charge in [-0.05, 0) is 29.7 Å². The Morgan fingerprint density at radius 2 is 1.74 bits per heavy atom. The van der Waals surface area contributed by atoms with Crippen LogP contribution in [0.15, 0.2) is 59.7 Å². The number of benzene rings is 2. The molecule has 0 saturated carbocycles. The van der Waals surface area contributed by atoms with Crippen molar-refractivity contribution in [1.29, 1.82) is 10.5 Å². The molecule has 2 aromatic carbocycles. The molecule has 0 aromatic heterocycles. The highest BCUT2D eigenvalue weighted by molar-refractivity contribution is 6.46. The number of hydrogen-bond donors (Lipinski definition) is 3. The number of nitrogens with zero attached hydrogens (tertiary/aromatic N) is 3. The van der Waals surface area contributed by atoms with Crippen molar-refractivity contribution in [3.63, 3.8) is 0 Å². The summed E-state index contributed by atoms with van der Waals surface area (Å²) < 4.78 is 0. The lowest BCUT2D eigenvalue weighted by atomic mass is 9.93. The predicted octanol–water partition coefficient (Wildman–Crippen LogP) is 2.62. The average Bonchev–Trinajstić information content (AvgIpc) is 2.67. The second-order valence-corrected chi connectivity index (χ2v) is 5.44. The van der Waals surface area contributed by atoms with Gasteiger partial charge in [0.2, 0.25) is 5.71 Å². The van der Waals surface area contributed by atoms with Crippen LogP contribution >= 0.6 is 0 Å². The fraction of sp³-hybridized carbons (Fsp3) is 0.105. The monoisotopic (exact) mass is 361 g/mol. The van der Waals surface area contributed by atoms with Gasteiger partial charge in [0.05, 0.1) is 17.7 Å². The van der Waals surface area contributed by atoms with Gasteiger partial charge in [-0.1, -0.05) is 42.5 Å². The Morgan fingerprint density at radius 1 is 1.07 bits per heavy atom. The molecule has 0 aliphatic heterocycles. The van der Waals surface area contributed by atoms with Gasteiger partial charge in [0.15, 0.2) is 0 Å². The summed E-state index contributed by atoms with van der Waals surface area (Å²) >= 11 is 0. The summed E-state index contributed by atoms with van der Waals surface area (Å²) in [5, 5.41) is 31.9. The van der Waals surface area contributed by atoms with Crippen molar-refractivity contribution in [2.45, 2.75) is 12.3 Å². The molecular formula is C19H15N5O3. The summed E-state index contributed by atoms with van der Waals surface area (Å²) in [6, 6.07) is 20.3. The highest BCUT2D eigenvalue weighted by atomic mass is 16.4. The van der Waals surface area contributed by atoms with Gasteiger partial charge in [-0.15, -0.1) is 0 Å². The topological polar surface area (TPSA) is 138 Å². The third-order valence-electron chi connectivity index (χ3n) is 3.59. The van der Waals surface area contributed by atoms with Crippen LogP contribution in [0.2, 0.25) is 0 Å². The van der Waals surface area contributed by atoms with Crippen molar-refractivity contribution in [2.75, 3.05) is 5.43 Å². The summed E-state index contributed by atoms with van der Waals surface area (Å²) in [7, 11) is 0. The largest absolute Gasteiger partial charge is 0.465 e. The molecule has 1 atom stereocenters. The molecule has 3 N–H and O–H groups in total. The van der Waals surface area contributed by atoms with Crippen LogP contribution in [0.3, 0.4) is 0 Å². The third-order valence-corrected chi connectivity index (χ3v) is 3.59. The van der Waals surface area contributed by atoms with Crippen LogP contribution in [0.4, 0.5) is 10.5 Å². The molecule has 0 bridgehead atoms. The number of hydrogen-bond acceptors (Lipinski definition) is 6. The zero-order valence-electron chi connectivity index (χ0n) is 14.1. The minimum absolute atomic E-state index is 0.270. The molecule has 2 aromatic rings. The summed E-state index contributed by atoms with van der Waals surface area (Å²) in [6.07, 6.45) is -1.04. The SMILES string of the molecule is N#CC(=NNc1ccc(CC(C#N)c2ccccc2)cc1)C(=O)NC(=O)O. The molecule has 8 heteroatoms. The number of nitriles is 2. The molecule has 0 radical (unpaired) electrons. The van der Waals surface area contributed by atoms with E-state index in [1.54, 1.807) is 24.3 Å². The zero-order valence-corrected chi connectivity index (χ0v) is 14.1. The van der Waals surface area contributed by atoms with E-state index < -0.39 is 17.7 Å². The first-order valence-corrected chi connectivity index (χ1v) is 7.85. The van der Waals surface area contributed by atoms with E-state index in [1.807, 2.05) is 30.3 Å². The number of amides is 2. The lowest BCUT2D eigenvalue weighted by molar-refractivity contribution is -0.114. The molecule has 2 rings (SSSR count). The second kappa shape index (κ2) is 9.35. The van der Waals surface area contributed by atoms with Gasteiger partial charge in [0.1, 0.15) is 6.07 Å². The van der Waals surface area contributed by atoms with Crippen LogP contribution in [0, 0.1) is 22.7 Å². The van der Waals surface area contributed by atoms with Gasteiger partial charge in [-0.25, -0.2) is 4.79 Å². The van der Waals surface area contributed by atoms with Crippen molar-refractivity contribution < 1.29 is 14.7 Å². The summed E-state index contributed by atoms with van der Waals surface area (Å²) in [6.45, 7) is 0. The summed E-state index contributed by atoms with van der Waals surface area (Å²) in [5.41, 5.74) is 4.28. The van der Waals surface area contributed by atoms with Crippen LogP contribution in [-0.4, -0.2) is 22.8 Å². The van der Waals surface area contributed by atoms with Gasteiger partial charge in [-0.2, -0.15) is 15.6 Å². The van der Waals surface area contributed by atoms with Crippen LogP contribution in [-0.2, 0) is 11.2 Å². The lowest BCUT2D eigenvalue weighted by Gasteiger charge is -2.10. The van der Waals surface area contributed by atoms with E-state index in [0.717, 1.165) is 11.1 Å². The van der Waals surface area contributed by atoms with E-state index in [-0.39, 0.29) is 5.92 Å². The number of carbonyl (C=O) groups is 2. The molecule has 0 aliphatic rings. The van der Waals surface area contributed by atoms with Gasteiger partial charge in [0.25, 0.3) is 5.91 Å². The van der Waals surface area contributed by atoms with Crippen LogP contribution in [0.5, 0.6) is 0 Å². The zero-order chi connectivity index (χ0) is 19.6. The minimum Gasteiger partial charge on any atom is -0.465 e. The number of anilines is 1. The molecule has 0 aliphatic carbocycles. The average molecular weight is 361 g/mol. The van der Waals surface area contributed by atoms with Crippen molar-refractivity contribution in [1.82, 2.24) is 5.32 Å². The summed E-state index contributed by atoms with van der Waals surface area (Å²) in [5.74, 6) is -1.39. The van der Waals surface area contributed by atoms with E-state index >= 15 is 0 Å². The fourth-order valence-corrected chi connectivity index (χ4v) is 2.28. The highest BCUT2D eigenvalue weighted by Gasteiger charge is 2.14. The maximum atomic E-state index is 11.4. The Morgan fingerprint density at radius 3 is 2.30 bits per heavy atom. The van der Waals surface area contributed by atoms with Gasteiger partial charge >= 0.3 is 6.09 Å². The minimum atomic E-state index is -1.57. The number of hydrazone groups is 1. The molecule has 0 fully saturated rings. The standard InChI is InChI=1S/C19H15N5O3/c20-11-15(14-4-2-1-3-5-14)10-13-6-8-16(9-7-13)23-24-17(12-21)18(25)22-19(26)27/h1-9,15,23H,10H2,(H,22,25)(H,26,27). The Kier molecular flexibility index (Phi) is 6.63. The van der Waals surface area contributed by atoms with E-state index in [2.05, 4.69) is 16.6 Å². The molecule has 27 heavy (non-hydrogen) atoms. The molecule has 2 amide bonds. The fourth-order valence-electron chi connectivity index (χ4n) is 2.28. The number of imide groups is 1. The first kappa shape index (κ1) is 19.2. The molecule has 0 saturated heterocycles. The maximum Gasteiger partial charge on any atom is 0.411 e. The molecule has 134 valence electrons. The Balaban J connectivity index is 2.03. The molecular weight excluding hydrogens is 346 g/mol. The maximum absolute atomic E-state index is 11.4. The molecule has 1 unspecified atom stereocenters. The van der Waals surface area contributed by atoms with Crippen molar-refractivity contribution in [3.05, 3.63) is 65.7 Å². The van der Waals surface area contributed by atoms with Crippen molar-refractivity contribution >= 4 is 23.4 Å². The van der Waals surface area contributed by atoms with E-state index in [9.17, 15) is 14.9 Å². The van der Waals surface area contributed by atoms with E-state index in [0.29, 0.717) is 12.1 Å². The Labute approximate surface area is 155 Å². The first-order valence-electron chi connectivity index (χ1n) is 7.85. The van der Waals surface area contributed by atoms with E-state index in [4.69, 9.17) is 10.4 Å². The van der Waals surface area contributed by atoms with Crippen LogP contribution in [0.25, 0.3) is 0 Å². The lowest BCUT2D eigenvalue weighted by Crippen LogP contribution is -2.34. The third kappa shape index (κ3) is 5.69. The predicted molar refractivity (Wildman–Crippen MR) is 97.8 cm³/mol. The number of carbonyl (C=O) groups excluding carboxylic acids is 1. The molecule has 0 heterocycles. The number of carboxylic acid groups (broad SMARTS) is 1. The number of nitrogens with one attached hydrogen (secondary N) is 2. The Hall–Kier alpha value is -4.17. The summed E-state index contributed by atoms with van der Waals surface area (Å²) in [4.78, 5) is 21.9. The second-order valence-electron chi connectivity index (χ2n) is 5.44. The first-order chi connectivity index (χ1) is 13.0. The highest BCUT2D eigenvalue weighted by Crippen LogP contribution is 2.21. The van der Waals surface area contributed by atoms with Crippen molar-refractivity contribution in [2.24, 2.45) is 5.10 Å². The quantitative estimate of drug-likeness (QED) is 0.534. The van der Waals surface area contributed by atoms with Gasteiger partial charge in [0, 0.05) is 0 Å².